The molecular weight excluding hydrogens is 948 g/mol. The fourth-order valence-electron chi connectivity index (χ4n) is 8.05. The first kappa shape index (κ1) is 52.5. The highest BCUT2D eigenvalue weighted by atomic mass is 35.7. The van der Waals surface area contributed by atoms with Crippen LogP contribution in [0.2, 0.25) is 0 Å². The van der Waals surface area contributed by atoms with Gasteiger partial charge in [0.2, 0.25) is 0 Å². The number of rotatable bonds is 4. The number of fused-ring (bicyclic) bond motifs is 2. The highest BCUT2D eigenvalue weighted by Crippen LogP contribution is 2.41. The second kappa shape index (κ2) is 21.0. The van der Waals surface area contributed by atoms with Crippen LogP contribution in [-0.4, -0.2) is 104 Å². The molecule has 1 N–H and O–H groups in total. The van der Waals surface area contributed by atoms with Crippen LogP contribution >= 0.6 is 10.7 Å². The third-order valence-electron chi connectivity index (χ3n) is 11.7. The molecule has 19 heteroatoms. The molecule has 0 aromatic heterocycles. The molecule has 2 spiro atoms. The van der Waals surface area contributed by atoms with Gasteiger partial charge in [-0.05, 0) is 104 Å². The average molecular weight is 1010 g/mol. The minimum absolute atomic E-state index is 0.0446. The summed E-state index contributed by atoms with van der Waals surface area (Å²) in [5.41, 5.74) is 2.54. The van der Waals surface area contributed by atoms with Crippen molar-refractivity contribution in [3.8, 4) is 11.5 Å². The Kier molecular flexibility index (Phi) is 16.0. The van der Waals surface area contributed by atoms with E-state index in [2.05, 4.69) is 10.3 Å². The molecule has 2 saturated heterocycles. The van der Waals surface area contributed by atoms with E-state index >= 15 is 0 Å². The number of piperidine rings is 2. The first-order chi connectivity index (χ1) is 32.3. The van der Waals surface area contributed by atoms with Gasteiger partial charge in [-0.2, -0.15) is 8.42 Å². The Bertz CT molecular complexity index is 2750. The second-order valence-electron chi connectivity index (χ2n) is 19.5. The lowest BCUT2D eigenvalue weighted by Crippen LogP contribution is -2.53. The number of carbonyl (C=O) groups is 2. The fraction of sp³-hybridized carbons (Fsp3) is 0.440. The van der Waals surface area contributed by atoms with Crippen LogP contribution in [-0.2, 0) is 32.9 Å². The summed E-state index contributed by atoms with van der Waals surface area (Å²) < 4.78 is 75.5. The van der Waals surface area contributed by atoms with Crippen molar-refractivity contribution in [1.82, 2.24) is 9.80 Å². The lowest BCUT2D eigenvalue weighted by atomic mass is 9.82. The van der Waals surface area contributed by atoms with Gasteiger partial charge in [-0.3, -0.25) is 4.28 Å². The zero-order chi connectivity index (χ0) is 50.4. The minimum atomic E-state index is -4.06. The summed E-state index contributed by atoms with van der Waals surface area (Å²) in [6, 6.07) is 27.7. The van der Waals surface area contributed by atoms with Crippen molar-refractivity contribution >= 4 is 53.5 Å². The molecule has 0 aliphatic carbocycles. The van der Waals surface area contributed by atoms with Crippen LogP contribution in [0.15, 0.2) is 117 Å². The van der Waals surface area contributed by atoms with Gasteiger partial charge in [-0.15, -0.1) is 0 Å². The molecule has 0 radical (unpaired) electrons. The normalized spacial score (nSPS) is 18.5. The molecule has 8 rings (SSSR count). The Hall–Kier alpha value is -5.85. The van der Waals surface area contributed by atoms with Crippen LogP contribution in [0.3, 0.4) is 0 Å². The molecule has 16 nitrogen and oxygen atoms in total. The van der Waals surface area contributed by atoms with E-state index in [0.717, 1.165) is 22.4 Å². The van der Waals surface area contributed by atoms with Crippen molar-refractivity contribution in [3.63, 3.8) is 0 Å². The largest absolute Gasteiger partial charge is 0.486 e. The second-order valence-corrected chi connectivity index (χ2v) is 23.6. The zero-order valence-electron chi connectivity index (χ0n) is 40.2. The fourth-order valence-corrected chi connectivity index (χ4v) is 9.56. The highest BCUT2D eigenvalue weighted by molar-refractivity contribution is 8.13. The summed E-state index contributed by atoms with van der Waals surface area (Å²) in [5, 5.41) is 16.9. The molecule has 69 heavy (non-hydrogen) atoms. The lowest BCUT2D eigenvalue weighted by molar-refractivity contribution is -0.0180. The molecule has 4 heterocycles. The molecule has 0 saturated carbocycles. The van der Waals surface area contributed by atoms with E-state index in [9.17, 15) is 31.6 Å². The Morgan fingerprint density at radius 2 is 0.986 bits per heavy atom. The van der Waals surface area contributed by atoms with E-state index in [1.165, 1.54) is 24.3 Å². The summed E-state index contributed by atoms with van der Waals surface area (Å²) in [5.74, 6) is 1.36. The average Bonchev–Trinajstić information content (AvgIpc) is 3.27. The molecule has 0 bridgehead atoms. The van der Waals surface area contributed by atoms with Crippen LogP contribution in [0, 0.1) is 13.8 Å². The summed E-state index contributed by atoms with van der Waals surface area (Å²) in [4.78, 5) is 28.3. The van der Waals surface area contributed by atoms with Gasteiger partial charge in [-0.1, -0.05) is 70.0 Å². The number of hydrogen-bond acceptors (Lipinski definition) is 14. The van der Waals surface area contributed by atoms with Crippen molar-refractivity contribution in [2.45, 2.75) is 126 Å². The van der Waals surface area contributed by atoms with Crippen molar-refractivity contribution in [1.29, 1.82) is 0 Å². The monoisotopic (exact) mass is 1010 g/mol. The highest BCUT2D eigenvalue weighted by Gasteiger charge is 2.45. The van der Waals surface area contributed by atoms with E-state index in [-0.39, 0.29) is 22.0 Å². The molecule has 0 atom stereocenters. The third-order valence-corrected chi connectivity index (χ3v) is 14.1. The Labute approximate surface area is 409 Å². The number of aryl methyl sites for hydroxylation is 2. The number of para-hydroxylation sites is 2. The van der Waals surface area contributed by atoms with E-state index in [0.29, 0.717) is 87.4 Å². The SMILES string of the molecule is CC(C)(C)OC(=O)N1CCC2(CC1)C/C(=N\O)c1ccccc1O2.Cc1ccc(S(=O)(=O)Cl)cc1.Cc1ccc(S(=O)(=O)O/N=C2\CC3(CCN(C(=O)OC(C)(C)C)CC3)Oc3ccccc32)cc1. The maximum absolute atomic E-state index is 12.7. The molecule has 4 aliphatic heterocycles. The Morgan fingerprint density at radius 1 is 0.609 bits per heavy atom. The summed E-state index contributed by atoms with van der Waals surface area (Å²) in [6.07, 6.45) is 2.76. The van der Waals surface area contributed by atoms with E-state index in [1.54, 1.807) is 34.1 Å². The number of oxime groups is 2. The van der Waals surface area contributed by atoms with Crippen molar-refractivity contribution in [2.75, 3.05) is 26.2 Å². The van der Waals surface area contributed by atoms with Gasteiger partial charge in [0, 0.05) is 86.5 Å². The van der Waals surface area contributed by atoms with E-state index in [1.807, 2.05) is 104 Å². The van der Waals surface area contributed by atoms with Crippen molar-refractivity contribution in [3.05, 3.63) is 119 Å². The van der Waals surface area contributed by atoms with Gasteiger partial charge in [0.15, 0.2) is 0 Å². The zero-order valence-corrected chi connectivity index (χ0v) is 42.6. The van der Waals surface area contributed by atoms with E-state index in [4.69, 9.17) is 33.9 Å². The molecule has 4 aliphatic rings. The number of nitrogens with zero attached hydrogens (tertiary/aromatic N) is 4. The smallest absolute Gasteiger partial charge is 0.410 e. The summed E-state index contributed by atoms with van der Waals surface area (Å²) in [6.45, 7) is 16.9. The summed E-state index contributed by atoms with van der Waals surface area (Å²) >= 11 is 0. The molecule has 2 amide bonds. The van der Waals surface area contributed by atoms with Gasteiger partial charge in [0.05, 0.1) is 16.3 Å². The lowest BCUT2D eigenvalue weighted by Gasteiger charge is -2.44. The number of ether oxygens (including phenoxy) is 4. The van der Waals surface area contributed by atoms with Gasteiger partial charge < -0.3 is 34.0 Å². The van der Waals surface area contributed by atoms with Crippen LogP contribution in [0.4, 0.5) is 9.59 Å². The first-order valence-corrected chi connectivity index (χ1v) is 26.3. The number of halogens is 1. The predicted octanol–water partition coefficient (Wildman–Crippen LogP) is 10.00. The van der Waals surface area contributed by atoms with Gasteiger partial charge in [-0.25, -0.2) is 18.0 Å². The molecule has 4 aromatic carbocycles. The number of amides is 2. The van der Waals surface area contributed by atoms with Gasteiger partial charge in [0.25, 0.3) is 9.05 Å². The number of hydrogen-bond donors (Lipinski definition) is 1. The molecule has 4 aromatic rings. The predicted molar refractivity (Wildman–Crippen MR) is 261 cm³/mol. The summed E-state index contributed by atoms with van der Waals surface area (Å²) in [7, 11) is -2.52. The Balaban J connectivity index is 0.000000193. The minimum Gasteiger partial charge on any atom is -0.486 e. The van der Waals surface area contributed by atoms with Crippen LogP contribution < -0.4 is 9.47 Å². The number of carbonyl (C=O) groups excluding carboxylic acids is 2. The first-order valence-electron chi connectivity index (χ1n) is 22.6. The van der Waals surface area contributed by atoms with E-state index < -0.39 is 41.6 Å². The number of likely N-dealkylation sites (tertiary alicyclic amines) is 2. The van der Waals surface area contributed by atoms with Crippen LogP contribution in [0.5, 0.6) is 11.5 Å². The third kappa shape index (κ3) is 14.1. The number of benzene rings is 4. The topological polar surface area (TPSA) is 200 Å². The standard InChI is InChI=1S/C25H30N2O6S.C18H24N2O4.C7H7ClO2S/c1-18-9-11-19(12-10-18)34(29,30)33-26-21-17-25(31-22-8-6-5-7-20(21)22)13-15-27(16-14-25)23(28)32-24(2,3)4;1-17(2,3)24-16(21)20-10-8-18(9-11-20)12-14(19-22)13-6-4-5-7-15(13)23-18;1-6-2-4-7(5-3-6)11(8,9)10/h5-12H,13-17H2,1-4H3;4-7,22H,8-12H2,1-3H3;2-5H,1H3/b26-21+;19-14+;. The van der Waals surface area contributed by atoms with Crippen molar-refractivity contribution in [2.24, 2.45) is 10.3 Å². The van der Waals surface area contributed by atoms with Crippen molar-refractivity contribution < 1.29 is 54.9 Å². The van der Waals surface area contributed by atoms with Gasteiger partial charge >= 0.3 is 22.3 Å². The molecule has 2 fully saturated rings. The van der Waals surface area contributed by atoms with Crippen LogP contribution in [0.25, 0.3) is 0 Å². The molecule has 372 valence electrons. The molecule has 0 unspecified atom stereocenters. The quantitative estimate of drug-likeness (QED) is 0.115. The Morgan fingerprint density at radius 3 is 1.38 bits per heavy atom. The van der Waals surface area contributed by atoms with Crippen LogP contribution in [0.1, 0.15) is 102 Å². The maximum atomic E-state index is 12.7. The molecular formula is C50H61ClN4O12S2. The maximum Gasteiger partial charge on any atom is 0.410 e. The van der Waals surface area contributed by atoms with Gasteiger partial charge in [0.1, 0.15) is 38.8 Å².